The number of carbonyl (C=O) groups excluding carboxylic acids is 1. The van der Waals surface area contributed by atoms with Crippen LogP contribution in [-0.4, -0.2) is 36.5 Å². The van der Waals surface area contributed by atoms with E-state index in [1.165, 1.54) is 18.6 Å². The molecule has 1 aromatic carbocycles. The maximum atomic E-state index is 13.2. The van der Waals surface area contributed by atoms with Gasteiger partial charge in [-0.25, -0.2) is 4.39 Å². The molecule has 1 atom stereocenters. The molecule has 0 spiro atoms. The lowest BCUT2D eigenvalue weighted by Gasteiger charge is -2.22. The van der Waals surface area contributed by atoms with E-state index in [-0.39, 0.29) is 11.7 Å². The predicted octanol–water partition coefficient (Wildman–Crippen LogP) is 2.35. The summed E-state index contributed by atoms with van der Waals surface area (Å²) in [5, 5.41) is 2.95. The molecule has 1 heterocycles. The van der Waals surface area contributed by atoms with Gasteiger partial charge in [0.05, 0.1) is 0 Å². The van der Waals surface area contributed by atoms with Crippen molar-refractivity contribution in [1.82, 2.24) is 10.2 Å². The zero-order chi connectivity index (χ0) is 13.8. The quantitative estimate of drug-likeness (QED) is 0.905. The number of aryl methyl sites for hydroxylation is 1. The van der Waals surface area contributed by atoms with Crippen LogP contribution < -0.4 is 5.32 Å². The molecule has 0 radical (unpaired) electrons. The van der Waals surface area contributed by atoms with Crippen molar-refractivity contribution in [2.45, 2.75) is 32.7 Å². The number of rotatable bonds is 4. The molecule has 0 aromatic heterocycles. The number of likely N-dealkylation sites (N-methyl/N-ethyl adjacent to an activating group) is 1. The first-order valence-electron chi connectivity index (χ1n) is 6.90. The molecule has 4 heteroatoms. The second kappa shape index (κ2) is 6.15. The number of carbonyl (C=O) groups is 1. The average molecular weight is 264 g/mol. The molecule has 19 heavy (non-hydrogen) atoms. The highest BCUT2D eigenvalue weighted by atomic mass is 19.1. The van der Waals surface area contributed by atoms with Gasteiger partial charge in [0, 0.05) is 18.2 Å². The zero-order valence-corrected chi connectivity index (χ0v) is 11.6. The predicted molar refractivity (Wildman–Crippen MR) is 73.7 cm³/mol. The highest BCUT2D eigenvalue weighted by Gasteiger charge is 2.23. The number of hydrogen-bond donors (Lipinski definition) is 1. The fourth-order valence-corrected chi connectivity index (χ4v) is 2.64. The lowest BCUT2D eigenvalue weighted by molar-refractivity contribution is 0.0941. The standard InChI is InChI=1S/C15H21FN2O/c1-3-18-8-4-5-13(18)10-17-15(19)12-6-7-14(16)11(2)9-12/h6-7,9,13H,3-5,8,10H2,1-2H3,(H,17,19). The number of nitrogens with one attached hydrogen (secondary N) is 1. The van der Waals surface area contributed by atoms with Crippen LogP contribution in [-0.2, 0) is 0 Å². The Labute approximate surface area is 113 Å². The van der Waals surface area contributed by atoms with E-state index in [1.807, 2.05) is 0 Å². The number of amides is 1. The van der Waals surface area contributed by atoms with Gasteiger partial charge >= 0.3 is 0 Å². The molecular formula is C15H21FN2O. The average Bonchev–Trinajstić information content (AvgIpc) is 2.86. The molecule has 104 valence electrons. The Balaban J connectivity index is 1.92. The molecule has 0 aliphatic carbocycles. The Bertz CT molecular complexity index is 461. The van der Waals surface area contributed by atoms with Crippen molar-refractivity contribution in [1.29, 1.82) is 0 Å². The van der Waals surface area contributed by atoms with Gasteiger partial charge in [-0.15, -0.1) is 0 Å². The Hall–Kier alpha value is -1.42. The molecular weight excluding hydrogens is 243 g/mol. The first-order valence-corrected chi connectivity index (χ1v) is 6.90. The molecule has 1 aliphatic rings. The molecule has 1 unspecified atom stereocenters. The SMILES string of the molecule is CCN1CCCC1CNC(=O)c1ccc(F)c(C)c1. The molecule has 2 rings (SSSR count). The van der Waals surface area contributed by atoms with E-state index >= 15 is 0 Å². The smallest absolute Gasteiger partial charge is 0.251 e. The van der Waals surface area contributed by atoms with Crippen molar-refractivity contribution in [3.8, 4) is 0 Å². The molecule has 1 fully saturated rings. The van der Waals surface area contributed by atoms with Crippen LogP contribution >= 0.6 is 0 Å². The van der Waals surface area contributed by atoms with Gasteiger partial charge in [-0.2, -0.15) is 0 Å². The number of benzene rings is 1. The van der Waals surface area contributed by atoms with E-state index in [4.69, 9.17) is 0 Å². The molecule has 1 aromatic rings. The van der Waals surface area contributed by atoms with Crippen LogP contribution in [0.5, 0.6) is 0 Å². The summed E-state index contributed by atoms with van der Waals surface area (Å²) in [6.07, 6.45) is 2.33. The van der Waals surface area contributed by atoms with Crippen molar-refractivity contribution < 1.29 is 9.18 Å². The summed E-state index contributed by atoms with van der Waals surface area (Å²) < 4.78 is 13.2. The van der Waals surface area contributed by atoms with Crippen LogP contribution in [0.4, 0.5) is 4.39 Å². The topological polar surface area (TPSA) is 32.3 Å². The van der Waals surface area contributed by atoms with Crippen molar-refractivity contribution in [2.24, 2.45) is 0 Å². The summed E-state index contributed by atoms with van der Waals surface area (Å²) in [7, 11) is 0. The molecule has 1 aliphatic heterocycles. The number of halogens is 1. The Morgan fingerprint density at radius 2 is 2.32 bits per heavy atom. The van der Waals surface area contributed by atoms with E-state index in [0.29, 0.717) is 23.7 Å². The third-order valence-electron chi connectivity index (χ3n) is 3.82. The Morgan fingerprint density at radius 3 is 3.00 bits per heavy atom. The molecule has 1 N–H and O–H groups in total. The first-order chi connectivity index (χ1) is 9.11. The number of hydrogen-bond acceptors (Lipinski definition) is 2. The molecule has 0 bridgehead atoms. The Kier molecular flexibility index (Phi) is 4.53. The summed E-state index contributed by atoms with van der Waals surface area (Å²) in [5.74, 6) is -0.393. The van der Waals surface area contributed by atoms with E-state index < -0.39 is 0 Å². The first kappa shape index (κ1) is 14.0. The zero-order valence-electron chi connectivity index (χ0n) is 11.6. The van der Waals surface area contributed by atoms with Gasteiger partial charge < -0.3 is 5.32 Å². The van der Waals surface area contributed by atoms with Crippen LogP contribution in [0.1, 0.15) is 35.7 Å². The van der Waals surface area contributed by atoms with Gasteiger partial charge in [0.15, 0.2) is 0 Å². The second-order valence-electron chi connectivity index (χ2n) is 5.10. The summed E-state index contributed by atoms with van der Waals surface area (Å²) in [6.45, 7) is 6.62. The number of nitrogens with zero attached hydrogens (tertiary/aromatic N) is 1. The lowest BCUT2D eigenvalue weighted by Crippen LogP contribution is -2.40. The van der Waals surface area contributed by atoms with Crippen LogP contribution in [0.25, 0.3) is 0 Å². The van der Waals surface area contributed by atoms with E-state index in [9.17, 15) is 9.18 Å². The number of likely N-dealkylation sites (tertiary alicyclic amines) is 1. The van der Waals surface area contributed by atoms with Crippen LogP contribution in [0, 0.1) is 12.7 Å². The fraction of sp³-hybridized carbons (Fsp3) is 0.533. The highest BCUT2D eigenvalue weighted by Crippen LogP contribution is 2.16. The van der Waals surface area contributed by atoms with Gasteiger partial charge in [0.2, 0.25) is 0 Å². The van der Waals surface area contributed by atoms with Crippen molar-refractivity contribution in [3.63, 3.8) is 0 Å². The second-order valence-corrected chi connectivity index (χ2v) is 5.10. The maximum Gasteiger partial charge on any atom is 0.251 e. The van der Waals surface area contributed by atoms with Crippen molar-refractivity contribution in [3.05, 3.63) is 35.1 Å². The molecule has 1 amide bonds. The minimum absolute atomic E-state index is 0.119. The van der Waals surface area contributed by atoms with Gasteiger partial charge in [-0.3, -0.25) is 9.69 Å². The molecule has 1 saturated heterocycles. The van der Waals surface area contributed by atoms with Gasteiger partial charge in [-0.05, 0) is 56.6 Å². The minimum atomic E-state index is -0.274. The summed E-state index contributed by atoms with van der Waals surface area (Å²) in [5.41, 5.74) is 1.03. The molecule has 0 saturated carbocycles. The third kappa shape index (κ3) is 3.32. The Morgan fingerprint density at radius 1 is 1.53 bits per heavy atom. The van der Waals surface area contributed by atoms with E-state index in [1.54, 1.807) is 13.0 Å². The fourth-order valence-electron chi connectivity index (χ4n) is 2.64. The maximum absolute atomic E-state index is 13.2. The van der Waals surface area contributed by atoms with Crippen molar-refractivity contribution in [2.75, 3.05) is 19.6 Å². The monoisotopic (exact) mass is 264 g/mol. The van der Waals surface area contributed by atoms with E-state index in [0.717, 1.165) is 19.5 Å². The molecule has 3 nitrogen and oxygen atoms in total. The third-order valence-corrected chi connectivity index (χ3v) is 3.82. The summed E-state index contributed by atoms with van der Waals surface area (Å²) in [4.78, 5) is 14.4. The summed E-state index contributed by atoms with van der Waals surface area (Å²) >= 11 is 0. The van der Waals surface area contributed by atoms with E-state index in [2.05, 4.69) is 17.1 Å². The summed E-state index contributed by atoms with van der Waals surface area (Å²) in [6, 6.07) is 4.91. The normalized spacial score (nSPS) is 19.6. The van der Waals surface area contributed by atoms with Crippen LogP contribution in [0.15, 0.2) is 18.2 Å². The highest BCUT2D eigenvalue weighted by molar-refractivity contribution is 5.94. The lowest BCUT2D eigenvalue weighted by atomic mass is 10.1. The minimum Gasteiger partial charge on any atom is -0.350 e. The van der Waals surface area contributed by atoms with Gasteiger partial charge in [0.25, 0.3) is 5.91 Å². The largest absolute Gasteiger partial charge is 0.350 e. The van der Waals surface area contributed by atoms with Crippen LogP contribution in [0.2, 0.25) is 0 Å². The van der Waals surface area contributed by atoms with Crippen LogP contribution in [0.3, 0.4) is 0 Å². The van der Waals surface area contributed by atoms with Gasteiger partial charge in [0.1, 0.15) is 5.82 Å². The van der Waals surface area contributed by atoms with Gasteiger partial charge in [-0.1, -0.05) is 6.92 Å². The van der Waals surface area contributed by atoms with Crippen molar-refractivity contribution >= 4 is 5.91 Å².